The number of benzene rings is 1. The first kappa shape index (κ1) is 79.6. The Morgan fingerprint density at radius 3 is 2.09 bits per heavy atom. The number of carbonyl (C=O) groups is 8. The van der Waals surface area contributed by atoms with Crippen LogP contribution in [-0.2, 0) is 54.3 Å². The molecule has 0 aromatic heterocycles. The van der Waals surface area contributed by atoms with Crippen LogP contribution in [0.4, 0.5) is 0 Å². The molecular formula is C55H99N15O17S3. The summed E-state index contributed by atoms with van der Waals surface area (Å²) in [5.74, 6) is -8.09. The Kier molecular flexibility index (Phi) is 41.1. The number of nitrogens with one attached hydrogen (secondary N) is 12. The molecule has 3 rings (SSSR count). The molecule has 2 aliphatic heterocycles. The molecule has 514 valence electrons. The Balaban J connectivity index is 1.93. The van der Waals surface area contributed by atoms with Gasteiger partial charge in [-0.05, 0) is 57.2 Å². The second kappa shape index (κ2) is 46.5. The third-order valence-electron chi connectivity index (χ3n) is 14.1. The molecule has 2 saturated heterocycles. The van der Waals surface area contributed by atoms with Crippen molar-refractivity contribution in [3.63, 3.8) is 0 Å². The van der Waals surface area contributed by atoms with Crippen LogP contribution >= 0.6 is 33.3 Å². The topological polar surface area (TPSA) is 519 Å². The summed E-state index contributed by atoms with van der Waals surface area (Å²) in [6.07, 6.45) is -6.07. The summed E-state index contributed by atoms with van der Waals surface area (Å²) in [6, 6.07) is -1.31. The summed E-state index contributed by atoms with van der Waals surface area (Å²) in [6.45, 7) is 3.83. The lowest BCUT2D eigenvalue weighted by molar-refractivity contribution is -0.141. The fourth-order valence-corrected chi connectivity index (χ4v) is 12.6. The number of aliphatic carboxylic acids is 2. The van der Waals surface area contributed by atoms with Gasteiger partial charge in [-0.1, -0.05) is 84.5 Å². The second-order valence-corrected chi connectivity index (χ2v) is 25.3. The maximum atomic E-state index is 14.3. The van der Waals surface area contributed by atoms with Gasteiger partial charge in [0.2, 0.25) is 35.4 Å². The van der Waals surface area contributed by atoms with Crippen LogP contribution in [0.2, 0.25) is 0 Å². The van der Waals surface area contributed by atoms with Crippen molar-refractivity contribution in [2.24, 2.45) is 17.2 Å². The van der Waals surface area contributed by atoms with E-state index in [0.29, 0.717) is 57.6 Å². The standard InChI is InChI=1S/C55H99N15O17S3/c1-2-3-6-14-34(47(78)60-20-22-87-24-23-86-21-17-56)63-42(71)16-9-5-10-18-59-49(80)39-29-88-32-44(73)65-38(27-46(76)77)52(83)69-40-30-89-90-31-41(54(85)67-36(50(81)68-39)25-33-12-7-4-8-13-33)70-51(82)37(26-45(74)75)64-43(72)28-62-48(79)35(66-53(40)84)15-11-19-61-55(57)58/h4,7-8,12-13,34-41,48-51,54-55,59,61-62,67-68,70,79-82,85H,2-3,5-6,9-11,14-32,56-58H2,1H3,(H,60,78)(H,63,71)(H,64,72)(H,65,73)(H,66,84)(H,69,83)(H,74,75)(H,76,77)/t34?,35-,36-,37-,38-,39-,40-,41-,48+,49-,50+,51+,54-/m0/s1. The molecule has 0 saturated carbocycles. The molecule has 6 amide bonds. The lowest BCUT2D eigenvalue weighted by Crippen LogP contribution is -2.64. The van der Waals surface area contributed by atoms with Gasteiger partial charge >= 0.3 is 11.9 Å². The predicted molar refractivity (Wildman–Crippen MR) is 339 cm³/mol. The van der Waals surface area contributed by atoms with Gasteiger partial charge in [0.15, 0.2) is 0 Å². The van der Waals surface area contributed by atoms with Crippen LogP contribution in [0.5, 0.6) is 0 Å². The van der Waals surface area contributed by atoms with Crippen LogP contribution < -0.4 is 81.0 Å². The predicted octanol–water partition coefficient (Wildman–Crippen LogP) is -5.79. The molecule has 90 heavy (non-hydrogen) atoms. The summed E-state index contributed by atoms with van der Waals surface area (Å²) in [5, 5.41) is 112. The van der Waals surface area contributed by atoms with Crippen LogP contribution in [0.1, 0.15) is 89.5 Å². The summed E-state index contributed by atoms with van der Waals surface area (Å²) in [4.78, 5) is 106. The van der Waals surface area contributed by atoms with E-state index < -0.39 is 146 Å². The number of carboxylic acid groups (broad SMARTS) is 2. The number of ether oxygens (including phenoxy) is 2. The van der Waals surface area contributed by atoms with E-state index in [0.717, 1.165) is 52.6 Å². The first-order chi connectivity index (χ1) is 43.1. The first-order valence-corrected chi connectivity index (χ1v) is 34.1. The zero-order valence-corrected chi connectivity index (χ0v) is 53.5. The van der Waals surface area contributed by atoms with Crippen molar-refractivity contribution in [1.82, 2.24) is 63.8 Å². The van der Waals surface area contributed by atoms with Gasteiger partial charge in [0.25, 0.3) is 0 Å². The maximum Gasteiger partial charge on any atom is 0.305 e. The van der Waals surface area contributed by atoms with E-state index in [2.05, 4.69) is 63.8 Å². The number of thioether (sulfide) groups is 1. The molecule has 2 bridgehead atoms. The number of aliphatic hydroxyl groups is 5. The molecule has 1 unspecified atom stereocenters. The minimum atomic E-state index is -1.87. The van der Waals surface area contributed by atoms with Gasteiger partial charge in [-0.2, -0.15) is 11.8 Å². The fourth-order valence-electron chi connectivity index (χ4n) is 9.29. The molecule has 32 nitrogen and oxygen atoms in total. The summed E-state index contributed by atoms with van der Waals surface area (Å²) in [7, 11) is 1.99. The van der Waals surface area contributed by atoms with E-state index in [9.17, 15) is 74.1 Å². The molecule has 1 aromatic rings. The van der Waals surface area contributed by atoms with Crippen molar-refractivity contribution in [2.45, 2.75) is 176 Å². The van der Waals surface area contributed by atoms with Crippen LogP contribution in [0.25, 0.3) is 0 Å². The number of aliphatic hydroxyl groups excluding tert-OH is 5. The van der Waals surface area contributed by atoms with Crippen molar-refractivity contribution in [3.8, 4) is 0 Å². The molecule has 0 radical (unpaired) electrons. The number of rotatable bonds is 33. The molecule has 2 fully saturated rings. The monoisotopic (exact) mass is 1340 g/mol. The van der Waals surface area contributed by atoms with Gasteiger partial charge in [-0.15, -0.1) is 0 Å². The van der Waals surface area contributed by atoms with Crippen molar-refractivity contribution in [1.29, 1.82) is 0 Å². The SMILES string of the molecule is CCCCCC(NC(=O)CCCCCN[C@@H](O)[C@@H]1CSCC(=O)N[C@@H](CC(=O)O)C(=O)N[C@H]2CSSC[C@H](N[C@H](O)[C@H](CC(=O)O)NC(=O)CN[C@H](O)[C@H](CCCNC(N)N)NC2=O)[C@H](O)N[C@@H](Cc2ccccc2)[C@@H](O)N1)C(=O)NCCOCCOCCN. The number of carboxylic acids is 2. The number of nitrogens with two attached hydrogens (primary N) is 3. The summed E-state index contributed by atoms with van der Waals surface area (Å²) < 4.78 is 10.8. The zero-order chi connectivity index (χ0) is 66.2. The highest BCUT2D eigenvalue weighted by Gasteiger charge is 2.36. The number of fused-ring (bicyclic) bond motifs is 5. The highest BCUT2D eigenvalue weighted by molar-refractivity contribution is 8.76. The smallest absolute Gasteiger partial charge is 0.305 e. The van der Waals surface area contributed by atoms with Gasteiger partial charge in [0, 0.05) is 36.8 Å². The van der Waals surface area contributed by atoms with Gasteiger partial charge in [-0.25, -0.2) is 0 Å². The lowest BCUT2D eigenvalue weighted by Gasteiger charge is -2.36. The minimum absolute atomic E-state index is 0.0258. The van der Waals surface area contributed by atoms with Gasteiger partial charge in [0.1, 0.15) is 55.6 Å². The summed E-state index contributed by atoms with van der Waals surface area (Å²) in [5.41, 5.74) is 17.3. The van der Waals surface area contributed by atoms with Crippen LogP contribution in [0.15, 0.2) is 30.3 Å². The minimum Gasteiger partial charge on any atom is -0.481 e. The number of hydrogen-bond donors (Lipinski definition) is 22. The third kappa shape index (κ3) is 34.3. The molecule has 13 atom stereocenters. The molecule has 2 heterocycles. The average molecular weight is 1340 g/mol. The molecule has 25 N–H and O–H groups in total. The van der Waals surface area contributed by atoms with Gasteiger partial charge in [-0.3, -0.25) is 70.3 Å². The fraction of sp³-hybridized carbons (Fsp3) is 0.745. The van der Waals surface area contributed by atoms with E-state index >= 15 is 0 Å². The number of hydrogen-bond acceptors (Lipinski definition) is 27. The molecule has 35 heteroatoms. The van der Waals surface area contributed by atoms with Crippen LogP contribution in [-0.4, -0.2) is 251 Å². The molecule has 0 spiro atoms. The van der Waals surface area contributed by atoms with E-state index in [-0.39, 0.29) is 81.0 Å². The Hall–Kier alpha value is -4.61. The zero-order valence-electron chi connectivity index (χ0n) is 51.0. The van der Waals surface area contributed by atoms with Crippen molar-refractivity contribution in [2.75, 3.05) is 82.2 Å². The largest absolute Gasteiger partial charge is 0.481 e. The van der Waals surface area contributed by atoms with E-state index in [4.69, 9.17) is 26.7 Å². The van der Waals surface area contributed by atoms with E-state index in [1.165, 1.54) is 0 Å². The Labute approximate surface area is 537 Å². The van der Waals surface area contributed by atoms with Crippen LogP contribution in [0, 0.1) is 0 Å². The number of amides is 6. The maximum absolute atomic E-state index is 14.3. The van der Waals surface area contributed by atoms with Crippen molar-refractivity contribution in [3.05, 3.63) is 35.9 Å². The lowest BCUT2D eigenvalue weighted by atomic mass is 10.0. The Morgan fingerprint density at radius 2 is 1.39 bits per heavy atom. The molecule has 2 aliphatic rings. The number of carbonyl (C=O) groups excluding carboxylic acids is 6. The third-order valence-corrected chi connectivity index (χ3v) is 17.6. The van der Waals surface area contributed by atoms with Gasteiger partial charge < -0.3 is 94.3 Å². The van der Waals surface area contributed by atoms with Crippen LogP contribution in [0.3, 0.4) is 0 Å². The van der Waals surface area contributed by atoms with Gasteiger partial charge in [0.05, 0.1) is 81.8 Å². The highest BCUT2D eigenvalue weighted by atomic mass is 33.1. The second-order valence-electron chi connectivity index (χ2n) is 21.7. The van der Waals surface area contributed by atoms with E-state index in [1.807, 2.05) is 6.92 Å². The molecular weight excluding hydrogens is 1240 g/mol. The Morgan fingerprint density at radius 1 is 0.689 bits per heavy atom. The average Bonchev–Trinajstić information content (AvgIpc) is 2.03. The highest BCUT2D eigenvalue weighted by Crippen LogP contribution is 2.25. The Bertz CT molecular complexity index is 2270. The first-order valence-electron chi connectivity index (χ1n) is 30.4. The van der Waals surface area contributed by atoms with E-state index in [1.54, 1.807) is 30.3 Å². The summed E-state index contributed by atoms with van der Waals surface area (Å²) >= 11 is 0.948. The quantitative estimate of drug-likeness (QED) is 0.0177. The van der Waals surface area contributed by atoms with Crippen molar-refractivity contribution >= 4 is 80.7 Å². The normalized spacial score (nSPS) is 25.7. The molecule has 1 aromatic carbocycles. The number of unbranched alkanes of at least 4 members (excludes halogenated alkanes) is 4. The molecule has 0 aliphatic carbocycles. The van der Waals surface area contributed by atoms with Crippen molar-refractivity contribution < 1.29 is 83.6 Å².